The van der Waals surface area contributed by atoms with Gasteiger partial charge in [-0.1, -0.05) is 29.8 Å². The fourth-order valence-electron chi connectivity index (χ4n) is 2.90. The largest absolute Gasteiger partial charge is 0.325 e. The van der Waals surface area contributed by atoms with Crippen molar-refractivity contribution in [2.75, 3.05) is 10.0 Å². The third-order valence-corrected chi connectivity index (χ3v) is 6.67. The molecule has 0 saturated heterocycles. The predicted molar refractivity (Wildman–Crippen MR) is 122 cm³/mol. The second kappa shape index (κ2) is 8.78. The Kier molecular flexibility index (Phi) is 6.49. The fourth-order valence-corrected chi connectivity index (χ4v) is 4.60. The van der Waals surface area contributed by atoms with Crippen LogP contribution in [0.5, 0.6) is 0 Å². The molecule has 0 fully saturated rings. The number of nitrogens with zero attached hydrogens (tertiary/aromatic N) is 2. The number of carbonyl (C=O) groups excluding carboxylic acids is 1. The van der Waals surface area contributed by atoms with E-state index in [1.54, 1.807) is 42.9 Å². The molecule has 1 amide bonds. The number of aromatic nitrogens is 2. The van der Waals surface area contributed by atoms with Crippen LogP contribution in [-0.2, 0) is 21.9 Å². The molecule has 2 N–H and O–H groups in total. The fraction of sp³-hybridized carbons (Fsp3) is 0.200. The van der Waals surface area contributed by atoms with Gasteiger partial charge in [-0.05, 0) is 44.2 Å². The number of rotatable bonds is 6. The molecule has 1 heterocycles. The van der Waals surface area contributed by atoms with Crippen molar-refractivity contribution in [3.05, 3.63) is 69.6 Å². The van der Waals surface area contributed by atoms with E-state index in [1.165, 1.54) is 29.8 Å². The molecule has 11 heteroatoms. The molecule has 0 unspecified atom stereocenters. The van der Waals surface area contributed by atoms with Gasteiger partial charge < -0.3 is 5.32 Å². The molecule has 2 aromatic carbocycles. The van der Waals surface area contributed by atoms with Gasteiger partial charge in [-0.15, -0.1) is 11.6 Å². The Morgan fingerprint density at radius 2 is 1.77 bits per heavy atom. The lowest BCUT2D eigenvalue weighted by Crippen LogP contribution is -2.23. The normalized spacial score (nSPS) is 12.4. The number of carbonyl (C=O) groups is 1. The highest BCUT2D eigenvalue weighted by Gasteiger charge is 2.25. The van der Waals surface area contributed by atoms with Crippen molar-refractivity contribution in [3.63, 3.8) is 0 Å². The van der Waals surface area contributed by atoms with E-state index in [0.29, 0.717) is 11.4 Å². The first kappa shape index (κ1) is 22.9. The number of anilines is 2. The molecule has 0 bridgehead atoms. The molecule has 0 spiro atoms. The van der Waals surface area contributed by atoms with E-state index < -0.39 is 26.9 Å². The maximum atomic E-state index is 13.1. The standard InChI is InChI=1S/C20H20Cl2N4O4S/c1-12(21)19(27)23-14-9-10-16(22)17(11-14)31(29,30)24-18-13(2)25(3)26(20(18)28)15-7-5-4-6-8-15/h4-12,24H,1-3H3,(H,23,27)/t12-/m0/s1. The molecule has 0 aliphatic heterocycles. The second-order valence-corrected chi connectivity index (χ2v) is 9.51. The number of hydrogen-bond donors (Lipinski definition) is 2. The van der Waals surface area contributed by atoms with E-state index in [0.717, 1.165) is 0 Å². The summed E-state index contributed by atoms with van der Waals surface area (Å²) < 4.78 is 31.4. The molecular formula is C20H20Cl2N4O4S. The van der Waals surface area contributed by atoms with Crippen molar-refractivity contribution in [1.29, 1.82) is 0 Å². The highest BCUT2D eigenvalue weighted by atomic mass is 35.5. The highest BCUT2D eigenvalue weighted by Crippen LogP contribution is 2.27. The van der Waals surface area contributed by atoms with E-state index in [4.69, 9.17) is 23.2 Å². The maximum absolute atomic E-state index is 13.1. The van der Waals surface area contributed by atoms with E-state index in [-0.39, 0.29) is 21.3 Å². The van der Waals surface area contributed by atoms with Crippen LogP contribution in [-0.4, -0.2) is 29.1 Å². The van der Waals surface area contributed by atoms with Gasteiger partial charge in [0.2, 0.25) is 5.91 Å². The quantitative estimate of drug-likeness (QED) is 0.524. The molecule has 1 aromatic heterocycles. The third-order valence-electron chi connectivity index (χ3n) is 4.64. The van der Waals surface area contributed by atoms with Crippen LogP contribution >= 0.6 is 23.2 Å². The molecular weight excluding hydrogens is 463 g/mol. The lowest BCUT2D eigenvalue weighted by molar-refractivity contribution is -0.115. The average molecular weight is 483 g/mol. The summed E-state index contributed by atoms with van der Waals surface area (Å²) in [6.45, 7) is 3.11. The molecule has 0 saturated carbocycles. The first-order valence-electron chi connectivity index (χ1n) is 9.14. The summed E-state index contributed by atoms with van der Waals surface area (Å²) in [4.78, 5) is 24.5. The average Bonchev–Trinajstić information content (AvgIpc) is 2.92. The lowest BCUT2D eigenvalue weighted by atomic mass is 10.3. The van der Waals surface area contributed by atoms with Crippen molar-refractivity contribution in [1.82, 2.24) is 9.36 Å². The van der Waals surface area contributed by atoms with Gasteiger partial charge in [0.1, 0.15) is 16.0 Å². The summed E-state index contributed by atoms with van der Waals surface area (Å²) >= 11 is 11.9. The van der Waals surface area contributed by atoms with Crippen LogP contribution < -0.4 is 15.6 Å². The Hall–Kier alpha value is -2.75. The smallest absolute Gasteiger partial charge is 0.296 e. The van der Waals surface area contributed by atoms with Gasteiger partial charge in [-0.25, -0.2) is 13.1 Å². The molecule has 0 aliphatic rings. The molecule has 3 aromatic rings. The minimum atomic E-state index is -4.25. The van der Waals surface area contributed by atoms with Gasteiger partial charge in [-0.3, -0.25) is 19.0 Å². The van der Waals surface area contributed by atoms with Crippen molar-refractivity contribution in [2.24, 2.45) is 7.05 Å². The van der Waals surface area contributed by atoms with E-state index in [9.17, 15) is 18.0 Å². The van der Waals surface area contributed by atoms with Gasteiger partial charge in [0.05, 0.1) is 16.4 Å². The molecule has 1 atom stereocenters. The summed E-state index contributed by atoms with van der Waals surface area (Å²) in [7, 11) is -2.60. The first-order valence-corrected chi connectivity index (χ1v) is 11.4. The Morgan fingerprint density at radius 1 is 1.13 bits per heavy atom. The summed E-state index contributed by atoms with van der Waals surface area (Å²) in [6.07, 6.45) is 0. The molecule has 3 rings (SSSR count). The van der Waals surface area contributed by atoms with Crippen molar-refractivity contribution in [3.8, 4) is 5.69 Å². The zero-order valence-corrected chi connectivity index (χ0v) is 19.2. The van der Waals surface area contributed by atoms with Crippen LogP contribution in [0.3, 0.4) is 0 Å². The van der Waals surface area contributed by atoms with Crippen LogP contribution in [0.4, 0.5) is 11.4 Å². The van der Waals surface area contributed by atoms with Crippen LogP contribution in [0.1, 0.15) is 12.6 Å². The van der Waals surface area contributed by atoms with E-state index in [1.807, 2.05) is 6.07 Å². The minimum absolute atomic E-state index is 0.0682. The summed E-state index contributed by atoms with van der Waals surface area (Å²) in [6, 6.07) is 12.8. The Labute approximate surface area is 189 Å². The topological polar surface area (TPSA) is 102 Å². The number of sulfonamides is 1. The van der Waals surface area contributed by atoms with Gasteiger partial charge in [0.15, 0.2) is 0 Å². The van der Waals surface area contributed by atoms with E-state index >= 15 is 0 Å². The third kappa shape index (κ3) is 4.63. The maximum Gasteiger partial charge on any atom is 0.296 e. The van der Waals surface area contributed by atoms with Crippen molar-refractivity contribution < 1.29 is 13.2 Å². The molecule has 0 aliphatic carbocycles. The Balaban J connectivity index is 2.02. The number of para-hydroxylation sites is 1. The number of hydrogen-bond acceptors (Lipinski definition) is 4. The molecule has 164 valence electrons. The van der Waals surface area contributed by atoms with Crippen LogP contribution in [0.2, 0.25) is 5.02 Å². The zero-order valence-electron chi connectivity index (χ0n) is 16.9. The van der Waals surface area contributed by atoms with Gasteiger partial charge >= 0.3 is 0 Å². The SMILES string of the molecule is Cc1c(NS(=O)(=O)c2cc(NC(=O)[C@H](C)Cl)ccc2Cl)c(=O)n(-c2ccccc2)n1C. The van der Waals surface area contributed by atoms with Crippen LogP contribution in [0.25, 0.3) is 5.69 Å². The number of amides is 1. The van der Waals surface area contributed by atoms with Gasteiger partial charge in [-0.2, -0.15) is 0 Å². The summed E-state index contributed by atoms with van der Waals surface area (Å²) in [5, 5.41) is 1.63. The number of benzene rings is 2. The Morgan fingerprint density at radius 3 is 2.39 bits per heavy atom. The zero-order chi connectivity index (χ0) is 22.9. The van der Waals surface area contributed by atoms with Gasteiger partial charge in [0.25, 0.3) is 15.6 Å². The number of nitrogens with one attached hydrogen (secondary N) is 2. The summed E-state index contributed by atoms with van der Waals surface area (Å²) in [5.74, 6) is -0.495. The summed E-state index contributed by atoms with van der Waals surface area (Å²) in [5.41, 5.74) is 0.557. The highest BCUT2D eigenvalue weighted by molar-refractivity contribution is 7.92. The lowest BCUT2D eigenvalue weighted by Gasteiger charge is -2.12. The minimum Gasteiger partial charge on any atom is -0.325 e. The van der Waals surface area contributed by atoms with Crippen LogP contribution in [0.15, 0.2) is 58.2 Å². The van der Waals surface area contributed by atoms with Crippen molar-refractivity contribution >= 4 is 50.5 Å². The van der Waals surface area contributed by atoms with Crippen molar-refractivity contribution in [2.45, 2.75) is 24.1 Å². The Bertz CT molecular complexity index is 1300. The number of alkyl halides is 1. The first-order chi connectivity index (χ1) is 14.5. The molecule has 31 heavy (non-hydrogen) atoms. The van der Waals surface area contributed by atoms with Crippen LogP contribution in [0, 0.1) is 6.92 Å². The van der Waals surface area contributed by atoms with E-state index in [2.05, 4.69) is 10.0 Å². The monoisotopic (exact) mass is 482 g/mol. The van der Waals surface area contributed by atoms with Gasteiger partial charge in [0, 0.05) is 12.7 Å². The molecule has 8 nitrogen and oxygen atoms in total. The predicted octanol–water partition coefficient (Wildman–Crippen LogP) is 3.50. The second-order valence-electron chi connectivity index (χ2n) is 6.79. The number of halogens is 2. The molecule has 0 radical (unpaired) electrons.